The van der Waals surface area contributed by atoms with Gasteiger partial charge in [-0.15, -0.1) is 0 Å². The Hall–Kier alpha value is -0.0900. The van der Waals surface area contributed by atoms with Gasteiger partial charge in [0, 0.05) is 5.56 Å². The van der Waals surface area contributed by atoms with Crippen LogP contribution in [0.1, 0.15) is 5.56 Å². The standard InChI is InChI=1S/C9H3Cl4F3/c1-3(9(14,15)16)4-2-5(10)7(12)8(13)6(4)11/h2H,1H2. The molecule has 0 spiro atoms. The lowest BCUT2D eigenvalue weighted by atomic mass is 10.1. The number of rotatable bonds is 1. The van der Waals surface area contributed by atoms with E-state index in [1.807, 2.05) is 0 Å². The van der Waals surface area contributed by atoms with Crippen molar-refractivity contribution in [1.82, 2.24) is 0 Å². The van der Waals surface area contributed by atoms with Crippen LogP contribution in [0.3, 0.4) is 0 Å². The van der Waals surface area contributed by atoms with Crippen molar-refractivity contribution in [3.8, 4) is 0 Å². The van der Waals surface area contributed by atoms with Crippen molar-refractivity contribution in [2.75, 3.05) is 0 Å². The number of benzene rings is 1. The summed E-state index contributed by atoms with van der Waals surface area (Å²) < 4.78 is 37.2. The summed E-state index contributed by atoms with van der Waals surface area (Å²) in [4.78, 5) is 0. The van der Waals surface area contributed by atoms with Gasteiger partial charge in [-0.2, -0.15) is 13.2 Å². The van der Waals surface area contributed by atoms with Crippen LogP contribution in [-0.4, -0.2) is 6.18 Å². The van der Waals surface area contributed by atoms with Gasteiger partial charge in [-0.1, -0.05) is 53.0 Å². The molecule has 0 saturated heterocycles. The molecule has 0 heterocycles. The summed E-state index contributed by atoms with van der Waals surface area (Å²) in [6, 6.07) is 0.980. The average molecular weight is 310 g/mol. The number of allylic oxidation sites excluding steroid dienone is 1. The van der Waals surface area contributed by atoms with Gasteiger partial charge in [0.25, 0.3) is 0 Å². The number of halogens is 7. The minimum atomic E-state index is -4.61. The Balaban J connectivity index is 3.43. The van der Waals surface area contributed by atoms with Crippen LogP contribution in [0.25, 0.3) is 5.57 Å². The van der Waals surface area contributed by atoms with E-state index >= 15 is 0 Å². The Kier molecular flexibility index (Phi) is 4.06. The first-order valence-corrected chi connectivity index (χ1v) is 5.27. The molecule has 0 aliphatic carbocycles. The van der Waals surface area contributed by atoms with Crippen LogP contribution >= 0.6 is 46.4 Å². The molecule has 0 nitrogen and oxygen atoms in total. The molecule has 0 N–H and O–H groups in total. The summed E-state index contributed by atoms with van der Waals surface area (Å²) in [6.07, 6.45) is -4.61. The third kappa shape index (κ3) is 2.59. The Morgan fingerprint density at radius 3 is 1.94 bits per heavy atom. The van der Waals surface area contributed by atoms with Crippen molar-refractivity contribution in [2.45, 2.75) is 6.18 Å². The van der Waals surface area contributed by atoms with Crippen LogP contribution in [0.15, 0.2) is 12.6 Å². The summed E-state index contributed by atoms with van der Waals surface area (Å²) in [7, 11) is 0. The molecule has 0 bridgehead atoms. The van der Waals surface area contributed by atoms with Gasteiger partial charge in [-0.05, 0) is 6.07 Å². The van der Waals surface area contributed by atoms with Gasteiger partial charge < -0.3 is 0 Å². The van der Waals surface area contributed by atoms with Crippen LogP contribution < -0.4 is 0 Å². The summed E-state index contributed by atoms with van der Waals surface area (Å²) in [5.74, 6) is 0. The summed E-state index contributed by atoms with van der Waals surface area (Å²) in [5, 5.41) is -0.752. The second kappa shape index (κ2) is 4.65. The summed E-state index contributed by atoms with van der Waals surface area (Å²) in [6.45, 7) is 2.90. The zero-order valence-electron chi connectivity index (χ0n) is 7.43. The maximum Gasteiger partial charge on any atom is 0.416 e. The number of alkyl halides is 3. The van der Waals surface area contributed by atoms with Crippen molar-refractivity contribution in [3.63, 3.8) is 0 Å². The second-order valence-corrected chi connectivity index (χ2v) is 4.37. The molecule has 0 amide bonds. The lowest BCUT2D eigenvalue weighted by molar-refractivity contribution is -0.0686. The molecule has 0 aromatic heterocycles. The minimum absolute atomic E-state index is 0.0907. The van der Waals surface area contributed by atoms with Gasteiger partial charge in [0.1, 0.15) is 0 Å². The van der Waals surface area contributed by atoms with E-state index in [9.17, 15) is 13.2 Å². The largest absolute Gasteiger partial charge is 0.416 e. The molecule has 16 heavy (non-hydrogen) atoms. The van der Waals surface area contributed by atoms with E-state index < -0.39 is 11.7 Å². The van der Waals surface area contributed by atoms with E-state index in [4.69, 9.17) is 46.4 Å². The first-order valence-electron chi connectivity index (χ1n) is 3.75. The molecule has 1 aromatic rings. The molecular formula is C9H3Cl4F3. The Bertz CT molecular complexity index is 451. The summed E-state index contributed by atoms with van der Waals surface area (Å²) in [5.41, 5.74) is -1.51. The normalized spacial score (nSPS) is 11.7. The lowest BCUT2D eigenvalue weighted by Crippen LogP contribution is -2.10. The fraction of sp³-hybridized carbons (Fsp3) is 0.111. The second-order valence-electron chi connectivity index (χ2n) is 2.82. The lowest BCUT2D eigenvalue weighted by Gasteiger charge is -2.14. The van der Waals surface area contributed by atoms with Gasteiger partial charge in [-0.3, -0.25) is 0 Å². The molecule has 0 aliphatic rings. The molecular weight excluding hydrogens is 307 g/mol. The number of hydrogen-bond donors (Lipinski definition) is 0. The van der Waals surface area contributed by atoms with Gasteiger partial charge in [0.15, 0.2) is 0 Å². The highest BCUT2D eigenvalue weighted by Gasteiger charge is 2.35. The van der Waals surface area contributed by atoms with E-state index in [-0.39, 0.29) is 25.7 Å². The Labute approximate surface area is 110 Å². The molecule has 0 radical (unpaired) electrons. The first kappa shape index (κ1) is 14.0. The zero-order chi connectivity index (χ0) is 12.7. The average Bonchev–Trinajstić information content (AvgIpc) is 2.18. The highest BCUT2D eigenvalue weighted by Crippen LogP contribution is 2.43. The smallest absolute Gasteiger partial charge is 0.166 e. The fourth-order valence-electron chi connectivity index (χ4n) is 0.945. The third-order valence-electron chi connectivity index (χ3n) is 1.77. The molecule has 1 aromatic carbocycles. The predicted molar refractivity (Wildman–Crippen MR) is 61.6 cm³/mol. The van der Waals surface area contributed by atoms with E-state index in [0.29, 0.717) is 0 Å². The quantitative estimate of drug-likeness (QED) is 0.449. The maximum absolute atomic E-state index is 12.4. The van der Waals surface area contributed by atoms with Crippen molar-refractivity contribution in [1.29, 1.82) is 0 Å². The Morgan fingerprint density at radius 1 is 1.00 bits per heavy atom. The molecule has 0 aliphatic heterocycles. The van der Waals surface area contributed by atoms with E-state index in [1.165, 1.54) is 0 Å². The molecule has 0 unspecified atom stereocenters. The SMILES string of the molecule is C=C(c1cc(Cl)c(Cl)c(Cl)c1Cl)C(F)(F)F. The highest BCUT2D eigenvalue weighted by atomic mass is 35.5. The molecule has 7 heteroatoms. The molecule has 1 rings (SSSR count). The van der Waals surface area contributed by atoms with E-state index in [0.717, 1.165) is 6.07 Å². The van der Waals surface area contributed by atoms with Gasteiger partial charge in [0.2, 0.25) is 0 Å². The zero-order valence-corrected chi connectivity index (χ0v) is 10.5. The minimum Gasteiger partial charge on any atom is -0.166 e. The van der Waals surface area contributed by atoms with Crippen molar-refractivity contribution in [3.05, 3.63) is 38.3 Å². The Morgan fingerprint density at radius 2 is 1.50 bits per heavy atom. The fourth-order valence-corrected chi connectivity index (χ4v) is 1.86. The molecule has 0 atom stereocenters. The van der Waals surface area contributed by atoms with Crippen LogP contribution in [-0.2, 0) is 0 Å². The van der Waals surface area contributed by atoms with Gasteiger partial charge in [0.05, 0.1) is 25.7 Å². The van der Waals surface area contributed by atoms with Crippen molar-refractivity contribution >= 4 is 52.0 Å². The number of hydrogen-bond acceptors (Lipinski definition) is 0. The third-order valence-corrected chi connectivity index (χ3v) is 3.52. The monoisotopic (exact) mass is 308 g/mol. The maximum atomic E-state index is 12.4. The predicted octanol–water partition coefficient (Wildman–Crippen LogP) is 5.88. The van der Waals surface area contributed by atoms with Crippen LogP contribution in [0.5, 0.6) is 0 Å². The van der Waals surface area contributed by atoms with Crippen molar-refractivity contribution < 1.29 is 13.2 Å². The van der Waals surface area contributed by atoms with E-state index in [2.05, 4.69) is 6.58 Å². The van der Waals surface area contributed by atoms with Gasteiger partial charge >= 0.3 is 6.18 Å². The van der Waals surface area contributed by atoms with Gasteiger partial charge in [-0.25, -0.2) is 0 Å². The molecule has 88 valence electrons. The molecule has 0 fully saturated rings. The summed E-state index contributed by atoms with van der Waals surface area (Å²) >= 11 is 22.5. The topological polar surface area (TPSA) is 0 Å². The van der Waals surface area contributed by atoms with Crippen molar-refractivity contribution in [2.24, 2.45) is 0 Å². The highest BCUT2D eigenvalue weighted by molar-refractivity contribution is 6.52. The van der Waals surface area contributed by atoms with Crippen LogP contribution in [0, 0.1) is 0 Å². The van der Waals surface area contributed by atoms with E-state index in [1.54, 1.807) is 0 Å². The van der Waals surface area contributed by atoms with Crippen LogP contribution in [0.4, 0.5) is 13.2 Å². The first-order chi connectivity index (χ1) is 7.16. The molecule has 0 saturated carbocycles. The van der Waals surface area contributed by atoms with Crippen LogP contribution in [0.2, 0.25) is 20.1 Å².